The first kappa shape index (κ1) is 9.74. The Balaban J connectivity index is 3.50. The molecule has 0 aromatic carbocycles. The zero-order valence-electron chi connectivity index (χ0n) is 7.72. The number of rotatable bonds is 4. The van der Waals surface area contributed by atoms with Gasteiger partial charge in [0.05, 0.1) is 0 Å². The first-order chi connectivity index (χ1) is 4.72. The summed E-state index contributed by atoms with van der Waals surface area (Å²) in [5.74, 6) is 1.72. The van der Waals surface area contributed by atoms with Gasteiger partial charge in [-0.3, -0.25) is 0 Å². The highest BCUT2D eigenvalue weighted by molar-refractivity contribution is 4.80. The second-order valence-electron chi connectivity index (χ2n) is 3.17. The molecule has 0 saturated carbocycles. The summed E-state index contributed by atoms with van der Waals surface area (Å²) in [5, 5.41) is 0. The van der Waals surface area contributed by atoms with Crippen molar-refractivity contribution in [3.8, 4) is 0 Å². The Kier molecular flexibility index (Phi) is 5.38. The van der Waals surface area contributed by atoms with E-state index >= 15 is 0 Å². The van der Waals surface area contributed by atoms with Crippen molar-refractivity contribution in [3.05, 3.63) is 12.2 Å². The van der Waals surface area contributed by atoms with Crippen molar-refractivity contribution in [2.75, 3.05) is 0 Å². The maximum absolute atomic E-state index is 2.33. The Bertz CT molecular complexity index is 92.2. The molecule has 0 nitrogen and oxygen atoms in total. The maximum Gasteiger partial charge on any atom is -0.0322 e. The molecule has 0 heteroatoms. The lowest BCUT2D eigenvalue weighted by atomic mass is 9.91. The summed E-state index contributed by atoms with van der Waals surface area (Å²) in [5.41, 5.74) is 0. The van der Waals surface area contributed by atoms with Crippen molar-refractivity contribution in [2.45, 2.75) is 40.5 Å². The zero-order valence-corrected chi connectivity index (χ0v) is 7.72. The summed E-state index contributed by atoms with van der Waals surface area (Å²) in [7, 11) is 0. The van der Waals surface area contributed by atoms with Crippen LogP contribution in [0.5, 0.6) is 0 Å². The van der Waals surface area contributed by atoms with Crippen LogP contribution in [-0.4, -0.2) is 0 Å². The van der Waals surface area contributed by atoms with E-state index in [1.54, 1.807) is 0 Å². The van der Waals surface area contributed by atoms with Crippen LogP contribution in [0.2, 0.25) is 0 Å². The molecular formula is C10H20. The number of hydrogen-bond donors (Lipinski definition) is 0. The van der Waals surface area contributed by atoms with Crippen molar-refractivity contribution in [1.29, 1.82) is 0 Å². The van der Waals surface area contributed by atoms with Crippen molar-refractivity contribution >= 4 is 0 Å². The molecule has 0 heterocycles. The van der Waals surface area contributed by atoms with Gasteiger partial charge in [0.15, 0.2) is 0 Å². The fourth-order valence-electron chi connectivity index (χ4n) is 0.985. The summed E-state index contributed by atoms with van der Waals surface area (Å²) >= 11 is 0. The third kappa shape index (κ3) is 3.71. The van der Waals surface area contributed by atoms with Gasteiger partial charge in [-0.1, -0.05) is 39.3 Å². The van der Waals surface area contributed by atoms with Gasteiger partial charge in [-0.2, -0.15) is 0 Å². The van der Waals surface area contributed by atoms with Crippen LogP contribution in [0.1, 0.15) is 40.5 Å². The van der Waals surface area contributed by atoms with Gasteiger partial charge in [-0.25, -0.2) is 0 Å². The Hall–Kier alpha value is -0.260. The molecule has 0 aliphatic heterocycles. The maximum atomic E-state index is 2.33. The van der Waals surface area contributed by atoms with Gasteiger partial charge in [-0.05, 0) is 25.2 Å². The molecule has 2 atom stereocenters. The van der Waals surface area contributed by atoms with E-state index in [9.17, 15) is 0 Å². The minimum absolute atomic E-state index is 0.848. The summed E-state index contributed by atoms with van der Waals surface area (Å²) in [6, 6.07) is 0. The summed E-state index contributed by atoms with van der Waals surface area (Å²) in [6.07, 6.45) is 6.94. The van der Waals surface area contributed by atoms with Crippen LogP contribution in [0.15, 0.2) is 12.2 Å². The molecule has 60 valence electrons. The van der Waals surface area contributed by atoms with E-state index in [1.807, 2.05) is 0 Å². The molecule has 0 radical (unpaired) electrons. The monoisotopic (exact) mass is 140 g/mol. The Morgan fingerprint density at radius 1 is 1.20 bits per heavy atom. The summed E-state index contributed by atoms with van der Waals surface area (Å²) < 4.78 is 0. The predicted molar refractivity (Wildman–Crippen MR) is 48.1 cm³/mol. The lowest BCUT2D eigenvalue weighted by Crippen LogP contribution is -2.04. The minimum Gasteiger partial charge on any atom is -0.0917 e. The molecule has 0 bridgehead atoms. The third-order valence-corrected chi connectivity index (χ3v) is 2.36. The molecule has 2 unspecified atom stereocenters. The molecule has 0 saturated heterocycles. The summed E-state index contributed by atoms with van der Waals surface area (Å²) in [4.78, 5) is 0. The molecule has 10 heavy (non-hydrogen) atoms. The molecule has 0 aromatic rings. The Morgan fingerprint density at radius 2 is 1.80 bits per heavy atom. The fraction of sp³-hybridized carbons (Fsp3) is 0.800. The van der Waals surface area contributed by atoms with E-state index in [1.165, 1.54) is 12.8 Å². The topological polar surface area (TPSA) is 0 Å². The number of allylic oxidation sites excluding steroid dienone is 2. The molecule has 0 rings (SSSR count). The van der Waals surface area contributed by atoms with E-state index in [0.29, 0.717) is 0 Å². The lowest BCUT2D eigenvalue weighted by molar-refractivity contribution is 0.380. The highest BCUT2D eigenvalue weighted by atomic mass is 14.1. The van der Waals surface area contributed by atoms with Gasteiger partial charge in [0.25, 0.3) is 0 Å². The normalized spacial score (nSPS) is 17.6. The highest BCUT2D eigenvalue weighted by Crippen LogP contribution is 2.17. The van der Waals surface area contributed by atoms with Crippen molar-refractivity contribution in [2.24, 2.45) is 11.8 Å². The second-order valence-corrected chi connectivity index (χ2v) is 3.17. The van der Waals surface area contributed by atoms with Crippen LogP contribution in [0.3, 0.4) is 0 Å². The van der Waals surface area contributed by atoms with Gasteiger partial charge in [0, 0.05) is 0 Å². The van der Waals surface area contributed by atoms with E-state index in [4.69, 9.17) is 0 Å². The number of hydrogen-bond acceptors (Lipinski definition) is 0. The third-order valence-electron chi connectivity index (χ3n) is 2.36. The molecule has 0 aliphatic carbocycles. The molecular weight excluding hydrogens is 120 g/mol. The molecule has 0 amide bonds. The van der Waals surface area contributed by atoms with Crippen molar-refractivity contribution < 1.29 is 0 Å². The standard InChI is InChI=1S/C10H20/c1-5-7-8-10(4)9(3)6-2/h5,7,9-10H,6,8H2,1-4H3. The molecule has 0 fully saturated rings. The van der Waals surface area contributed by atoms with Crippen LogP contribution in [-0.2, 0) is 0 Å². The van der Waals surface area contributed by atoms with E-state index in [2.05, 4.69) is 39.8 Å². The van der Waals surface area contributed by atoms with Crippen molar-refractivity contribution in [1.82, 2.24) is 0 Å². The van der Waals surface area contributed by atoms with Crippen LogP contribution in [0, 0.1) is 11.8 Å². The van der Waals surface area contributed by atoms with E-state index < -0.39 is 0 Å². The molecule has 0 aromatic heterocycles. The smallest absolute Gasteiger partial charge is 0.0322 e. The predicted octanol–water partition coefficient (Wildman–Crippen LogP) is 3.63. The minimum atomic E-state index is 0.848. The van der Waals surface area contributed by atoms with E-state index in [0.717, 1.165) is 11.8 Å². The average Bonchev–Trinajstić information content (AvgIpc) is 1.98. The SMILES string of the molecule is CC=CCC(C)C(C)CC. The first-order valence-corrected chi connectivity index (χ1v) is 4.33. The van der Waals surface area contributed by atoms with Crippen LogP contribution < -0.4 is 0 Å². The van der Waals surface area contributed by atoms with Crippen molar-refractivity contribution in [3.63, 3.8) is 0 Å². The molecule has 0 N–H and O–H groups in total. The highest BCUT2D eigenvalue weighted by Gasteiger charge is 2.06. The zero-order chi connectivity index (χ0) is 7.98. The average molecular weight is 140 g/mol. The van der Waals surface area contributed by atoms with Gasteiger partial charge >= 0.3 is 0 Å². The summed E-state index contributed by atoms with van der Waals surface area (Å²) in [6.45, 7) is 9.00. The first-order valence-electron chi connectivity index (χ1n) is 4.33. The van der Waals surface area contributed by atoms with Gasteiger partial charge in [0.2, 0.25) is 0 Å². The fourth-order valence-corrected chi connectivity index (χ4v) is 0.985. The Labute approximate surface area is 65.3 Å². The van der Waals surface area contributed by atoms with Gasteiger partial charge in [-0.15, -0.1) is 0 Å². The van der Waals surface area contributed by atoms with E-state index in [-0.39, 0.29) is 0 Å². The quantitative estimate of drug-likeness (QED) is 0.523. The van der Waals surface area contributed by atoms with Gasteiger partial charge < -0.3 is 0 Å². The molecule has 0 spiro atoms. The lowest BCUT2D eigenvalue weighted by Gasteiger charge is -2.15. The largest absolute Gasteiger partial charge is 0.0917 e. The van der Waals surface area contributed by atoms with Crippen LogP contribution >= 0.6 is 0 Å². The Morgan fingerprint density at radius 3 is 2.20 bits per heavy atom. The second kappa shape index (κ2) is 5.52. The van der Waals surface area contributed by atoms with Crippen LogP contribution in [0.4, 0.5) is 0 Å². The van der Waals surface area contributed by atoms with Gasteiger partial charge in [0.1, 0.15) is 0 Å². The molecule has 0 aliphatic rings. The van der Waals surface area contributed by atoms with Crippen LogP contribution in [0.25, 0.3) is 0 Å².